The van der Waals surface area contributed by atoms with Gasteiger partial charge < -0.3 is 20.1 Å². The van der Waals surface area contributed by atoms with Crippen LogP contribution in [0.4, 0.5) is 5.82 Å². The molecule has 2 N–H and O–H groups in total. The molecule has 2 atom stereocenters. The molecule has 2 aliphatic heterocycles. The molecule has 0 spiro atoms. The number of likely N-dealkylation sites (tertiary alicyclic amines) is 1. The smallest absolute Gasteiger partial charge is 0.254 e. The van der Waals surface area contributed by atoms with Crippen molar-refractivity contribution < 1.29 is 14.3 Å². The average molecular weight is 457 g/mol. The largest absolute Gasteiger partial charge is 0.457 e. The zero-order valence-electron chi connectivity index (χ0n) is 18.5. The van der Waals surface area contributed by atoms with Crippen molar-refractivity contribution in [3.8, 4) is 22.8 Å². The fourth-order valence-corrected chi connectivity index (χ4v) is 4.51. The molecule has 2 aromatic heterocycles. The molecule has 9 heteroatoms. The van der Waals surface area contributed by atoms with E-state index in [-0.39, 0.29) is 18.1 Å². The Hall–Kier alpha value is -3.98. The summed E-state index contributed by atoms with van der Waals surface area (Å²) in [5.74, 6) is 1.94. The number of hydrogen-bond donors (Lipinski definition) is 1. The summed E-state index contributed by atoms with van der Waals surface area (Å²) in [6.45, 7) is 1.83. The monoisotopic (exact) mass is 456 g/mol. The maximum atomic E-state index is 12.6. The molecule has 4 heterocycles. The molecule has 2 aromatic carbocycles. The van der Waals surface area contributed by atoms with Crippen LogP contribution in [0.25, 0.3) is 22.3 Å². The molecule has 0 saturated carbocycles. The lowest BCUT2D eigenvalue weighted by Crippen LogP contribution is -2.43. The molecule has 34 heavy (non-hydrogen) atoms. The van der Waals surface area contributed by atoms with Crippen molar-refractivity contribution in [3.05, 3.63) is 60.9 Å². The number of benzene rings is 2. The van der Waals surface area contributed by atoms with E-state index in [1.165, 1.54) is 6.33 Å². The van der Waals surface area contributed by atoms with Gasteiger partial charge in [0.25, 0.3) is 5.91 Å². The van der Waals surface area contributed by atoms with Gasteiger partial charge in [-0.3, -0.25) is 4.79 Å². The number of carbonyl (C=O) groups excluding carboxylic acids is 1. The minimum absolute atomic E-state index is 0.00249. The van der Waals surface area contributed by atoms with Gasteiger partial charge in [-0.2, -0.15) is 5.10 Å². The number of nitrogens with zero attached hydrogens (tertiary/aromatic N) is 5. The number of piperidine rings is 1. The predicted molar refractivity (Wildman–Crippen MR) is 126 cm³/mol. The van der Waals surface area contributed by atoms with Crippen LogP contribution in [0.5, 0.6) is 11.5 Å². The van der Waals surface area contributed by atoms with Crippen LogP contribution in [0, 0.1) is 0 Å². The van der Waals surface area contributed by atoms with Gasteiger partial charge in [-0.05, 0) is 49.2 Å². The van der Waals surface area contributed by atoms with Crippen LogP contribution in [0.15, 0.2) is 60.9 Å². The molecule has 2 saturated heterocycles. The molecular weight excluding hydrogens is 432 g/mol. The van der Waals surface area contributed by atoms with Crippen molar-refractivity contribution in [1.82, 2.24) is 24.6 Å². The van der Waals surface area contributed by atoms with E-state index in [0.29, 0.717) is 35.7 Å². The number of amides is 1. The third kappa shape index (κ3) is 3.84. The van der Waals surface area contributed by atoms with Crippen LogP contribution in [-0.4, -0.2) is 56.4 Å². The molecule has 0 aliphatic carbocycles. The summed E-state index contributed by atoms with van der Waals surface area (Å²) in [4.78, 5) is 23.2. The number of ether oxygens (including phenoxy) is 2. The second-order valence-corrected chi connectivity index (χ2v) is 8.59. The van der Waals surface area contributed by atoms with Gasteiger partial charge in [-0.25, -0.2) is 14.6 Å². The first-order chi connectivity index (χ1) is 16.7. The molecule has 2 aliphatic rings. The zero-order valence-corrected chi connectivity index (χ0v) is 18.5. The first-order valence-electron chi connectivity index (χ1n) is 11.4. The van der Waals surface area contributed by atoms with Crippen LogP contribution in [0.3, 0.4) is 0 Å². The highest BCUT2D eigenvalue weighted by atomic mass is 16.6. The highest BCUT2D eigenvalue weighted by molar-refractivity contribution is 5.98. The molecular formula is C25H24N6O3. The van der Waals surface area contributed by atoms with Crippen molar-refractivity contribution in [3.63, 3.8) is 0 Å². The first kappa shape index (κ1) is 20.6. The maximum Gasteiger partial charge on any atom is 0.254 e. The number of carbonyl (C=O) groups is 1. The standard InChI is InChI=1S/C25H24N6O3/c26-23-21-22(16-8-10-19(11-9-16)34-18-6-2-1-3-7-18)29-31(24(21)28-15-27-23)17-5-4-12-30(13-17)25(32)20-14-33-20/h1-3,6-11,15,17,20H,4-5,12-14H2,(H2,26,27,28)/t17-,20+/m1/s1. The Morgan fingerprint density at radius 3 is 2.59 bits per heavy atom. The topological polar surface area (TPSA) is 112 Å². The summed E-state index contributed by atoms with van der Waals surface area (Å²) < 4.78 is 13.0. The second-order valence-electron chi connectivity index (χ2n) is 8.59. The van der Waals surface area contributed by atoms with Crippen molar-refractivity contribution >= 4 is 22.8 Å². The molecule has 9 nitrogen and oxygen atoms in total. The van der Waals surface area contributed by atoms with Crippen molar-refractivity contribution in [2.45, 2.75) is 25.0 Å². The number of anilines is 1. The lowest BCUT2D eigenvalue weighted by Gasteiger charge is -2.32. The number of hydrogen-bond acceptors (Lipinski definition) is 7. The summed E-state index contributed by atoms with van der Waals surface area (Å²) in [6.07, 6.45) is 2.98. The van der Waals surface area contributed by atoms with Gasteiger partial charge in [0.1, 0.15) is 29.3 Å². The van der Waals surface area contributed by atoms with E-state index in [1.54, 1.807) is 0 Å². The molecule has 0 bridgehead atoms. The summed E-state index contributed by atoms with van der Waals surface area (Å²) in [5.41, 5.74) is 8.56. The van der Waals surface area contributed by atoms with E-state index in [0.717, 1.165) is 36.4 Å². The lowest BCUT2D eigenvalue weighted by atomic mass is 10.1. The van der Waals surface area contributed by atoms with Gasteiger partial charge in [0.15, 0.2) is 11.8 Å². The van der Waals surface area contributed by atoms with Gasteiger partial charge in [-0.15, -0.1) is 0 Å². The quantitative estimate of drug-likeness (QED) is 0.458. The highest BCUT2D eigenvalue weighted by Gasteiger charge is 2.37. The van der Waals surface area contributed by atoms with Crippen LogP contribution in [-0.2, 0) is 9.53 Å². The number of rotatable bonds is 5. The highest BCUT2D eigenvalue weighted by Crippen LogP contribution is 2.35. The molecule has 1 amide bonds. The number of nitrogens with two attached hydrogens (primary N) is 1. The van der Waals surface area contributed by atoms with Crippen molar-refractivity contribution in [1.29, 1.82) is 0 Å². The number of aromatic nitrogens is 4. The summed E-state index contributed by atoms with van der Waals surface area (Å²) in [7, 11) is 0. The Morgan fingerprint density at radius 1 is 1.06 bits per heavy atom. The number of nitrogen functional groups attached to an aromatic ring is 1. The first-order valence-corrected chi connectivity index (χ1v) is 11.4. The molecule has 6 rings (SSSR count). The minimum Gasteiger partial charge on any atom is -0.457 e. The van der Waals surface area contributed by atoms with Crippen molar-refractivity contribution in [2.75, 3.05) is 25.4 Å². The van der Waals surface area contributed by atoms with Crippen LogP contribution >= 0.6 is 0 Å². The SMILES string of the molecule is Nc1ncnc2c1c(-c1ccc(Oc3ccccc3)cc1)nn2[C@@H]1CCCN(C(=O)[C@@H]2CO2)C1. The summed E-state index contributed by atoms with van der Waals surface area (Å²) >= 11 is 0. The van der Waals surface area contributed by atoms with Gasteiger partial charge >= 0.3 is 0 Å². The van der Waals surface area contributed by atoms with Gasteiger partial charge in [0.05, 0.1) is 18.0 Å². The maximum absolute atomic E-state index is 12.6. The van der Waals surface area contributed by atoms with Crippen LogP contribution in [0.1, 0.15) is 18.9 Å². The van der Waals surface area contributed by atoms with Crippen molar-refractivity contribution in [2.24, 2.45) is 0 Å². The summed E-state index contributed by atoms with van der Waals surface area (Å²) in [5, 5.41) is 5.65. The lowest BCUT2D eigenvalue weighted by molar-refractivity contribution is -0.134. The average Bonchev–Trinajstić information content (AvgIpc) is 3.65. The normalized spacial score (nSPS) is 19.8. The number of para-hydroxylation sites is 1. The third-order valence-corrected chi connectivity index (χ3v) is 6.29. The minimum atomic E-state index is -0.279. The Labute approximate surface area is 196 Å². The van der Waals surface area contributed by atoms with E-state index < -0.39 is 0 Å². The fourth-order valence-electron chi connectivity index (χ4n) is 4.51. The number of epoxide rings is 1. The van der Waals surface area contributed by atoms with E-state index in [1.807, 2.05) is 64.2 Å². The summed E-state index contributed by atoms with van der Waals surface area (Å²) in [6, 6.07) is 17.4. The van der Waals surface area contributed by atoms with E-state index in [4.69, 9.17) is 20.3 Å². The number of fused-ring (bicyclic) bond motifs is 1. The zero-order chi connectivity index (χ0) is 23.1. The van der Waals surface area contributed by atoms with Crippen LogP contribution < -0.4 is 10.5 Å². The van der Waals surface area contributed by atoms with Gasteiger partial charge in [0, 0.05) is 18.7 Å². The van der Waals surface area contributed by atoms with E-state index in [9.17, 15) is 4.79 Å². The second kappa shape index (κ2) is 8.42. The Kier molecular flexibility index (Phi) is 5.10. The molecule has 2 fully saturated rings. The van der Waals surface area contributed by atoms with Crippen LogP contribution in [0.2, 0.25) is 0 Å². The Bertz CT molecular complexity index is 1330. The molecule has 4 aromatic rings. The molecule has 0 unspecified atom stereocenters. The molecule has 172 valence electrons. The van der Waals surface area contributed by atoms with Gasteiger partial charge in [0.2, 0.25) is 0 Å². The Balaban J connectivity index is 1.33. The third-order valence-electron chi connectivity index (χ3n) is 6.29. The Morgan fingerprint density at radius 2 is 1.82 bits per heavy atom. The van der Waals surface area contributed by atoms with E-state index in [2.05, 4.69) is 9.97 Å². The van der Waals surface area contributed by atoms with Gasteiger partial charge in [-0.1, -0.05) is 18.2 Å². The predicted octanol–water partition coefficient (Wildman–Crippen LogP) is 3.43. The fraction of sp³-hybridized carbons (Fsp3) is 0.280. The molecule has 0 radical (unpaired) electrons. The van der Waals surface area contributed by atoms with E-state index >= 15 is 0 Å².